The number of rotatable bonds is 5. The Morgan fingerprint density at radius 2 is 2.25 bits per heavy atom. The molecule has 0 unspecified atom stereocenters. The number of hydrazone groups is 1. The summed E-state index contributed by atoms with van der Waals surface area (Å²) >= 11 is 5.23. The standard InChI is InChI=1S/C16H20N6OS/c1-12(20-21-16(24)18-9-15-3-2-8-23-15)13-4-6-14(7-5-13)22-11-17-10-19-22/h4-7,10-11,15H,2-3,8-9H2,1H3,(H2,18,21,24)/b20-12-/t15-/m0/s1. The average Bonchev–Trinajstić information content (AvgIpc) is 3.31. The highest BCUT2D eigenvalue weighted by atomic mass is 32.1. The normalized spacial score (nSPS) is 17.7. The van der Waals surface area contributed by atoms with Crippen molar-refractivity contribution in [1.29, 1.82) is 0 Å². The van der Waals surface area contributed by atoms with Crippen LogP contribution >= 0.6 is 12.2 Å². The second-order valence-electron chi connectivity index (χ2n) is 5.54. The average molecular weight is 344 g/mol. The summed E-state index contributed by atoms with van der Waals surface area (Å²) in [7, 11) is 0. The van der Waals surface area contributed by atoms with Crippen LogP contribution in [0.15, 0.2) is 42.0 Å². The zero-order valence-electron chi connectivity index (χ0n) is 13.5. The van der Waals surface area contributed by atoms with E-state index >= 15 is 0 Å². The van der Waals surface area contributed by atoms with E-state index in [1.807, 2.05) is 31.2 Å². The minimum atomic E-state index is 0.249. The van der Waals surface area contributed by atoms with E-state index in [0.717, 1.165) is 36.4 Å². The van der Waals surface area contributed by atoms with Gasteiger partial charge in [-0.15, -0.1) is 0 Å². The number of thiocarbonyl (C=S) groups is 1. The summed E-state index contributed by atoms with van der Waals surface area (Å²) in [4.78, 5) is 3.94. The molecule has 24 heavy (non-hydrogen) atoms. The largest absolute Gasteiger partial charge is 0.376 e. The summed E-state index contributed by atoms with van der Waals surface area (Å²) in [6.07, 6.45) is 5.62. The van der Waals surface area contributed by atoms with Crippen molar-refractivity contribution in [2.75, 3.05) is 13.2 Å². The van der Waals surface area contributed by atoms with Crippen LogP contribution in [0.3, 0.4) is 0 Å². The Morgan fingerprint density at radius 3 is 2.92 bits per heavy atom. The molecular weight excluding hydrogens is 324 g/mol. The Kier molecular flexibility index (Phi) is 5.50. The van der Waals surface area contributed by atoms with Gasteiger partial charge in [-0.05, 0) is 49.7 Å². The van der Waals surface area contributed by atoms with Crippen LogP contribution in [0.5, 0.6) is 0 Å². The van der Waals surface area contributed by atoms with Gasteiger partial charge >= 0.3 is 0 Å². The van der Waals surface area contributed by atoms with Crippen molar-refractivity contribution in [3.8, 4) is 5.69 Å². The molecule has 1 saturated heterocycles. The fraction of sp³-hybridized carbons (Fsp3) is 0.375. The molecule has 0 radical (unpaired) electrons. The first kappa shape index (κ1) is 16.5. The summed E-state index contributed by atoms with van der Waals surface area (Å²) < 4.78 is 7.25. The molecular formula is C16H20N6OS. The van der Waals surface area contributed by atoms with Gasteiger partial charge in [-0.1, -0.05) is 12.1 Å². The van der Waals surface area contributed by atoms with E-state index in [1.54, 1.807) is 11.0 Å². The lowest BCUT2D eigenvalue weighted by Gasteiger charge is -2.12. The monoisotopic (exact) mass is 344 g/mol. The number of ether oxygens (including phenoxy) is 1. The highest BCUT2D eigenvalue weighted by molar-refractivity contribution is 7.80. The zero-order chi connectivity index (χ0) is 16.8. The number of hydrogen-bond acceptors (Lipinski definition) is 5. The third-order valence-electron chi connectivity index (χ3n) is 3.81. The highest BCUT2D eigenvalue weighted by Crippen LogP contribution is 2.10. The van der Waals surface area contributed by atoms with Gasteiger partial charge < -0.3 is 10.1 Å². The third kappa shape index (κ3) is 4.36. The van der Waals surface area contributed by atoms with E-state index in [1.165, 1.54) is 6.33 Å². The van der Waals surface area contributed by atoms with Crippen molar-refractivity contribution in [2.45, 2.75) is 25.9 Å². The van der Waals surface area contributed by atoms with Crippen molar-refractivity contribution in [1.82, 2.24) is 25.5 Å². The first-order valence-corrected chi connectivity index (χ1v) is 8.28. The highest BCUT2D eigenvalue weighted by Gasteiger charge is 2.15. The SMILES string of the molecule is C/C(=N/NC(=S)NC[C@@H]1CCCO1)c1ccc(-n2cncn2)cc1. The summed E-state index contributed by atoms with van der Waals surface area (Å²) in [5.41, 5.74) is 5.68. The molecule has 1 aromatic heterocycles. The Morgan fingerprint density at radius 1 is 1.42 bits per heavy atom. The summed E-state index contributed by atoms with van der Waals surface area (Å²) in [6, 6.07) is 7.91. The molecule has 1 fully saturated rings. The minimum absolute atomic E-state index is 0.249. The first-order valence-electron chi connectivity index (χ1n) is 7.87. The Labute approximate surface area is 146 Å². The molecule has 0 spiro atoms. The summed E-state index contributed by atoms with van der Waals surface area (Å²) in [6.45, 7) is 3.49. The fourth-order valence-electron chi connectivity index (χ4n) is 2.45. The minimum Gasteiger partial charge on any atom is -0.376 e. The van der Waals surface area contributed by atoms with Gasteiger partial charge in [0.25, 0.3) is 0 Å². The molecule has 1 aromatic carbocycles. The molecule has 1 aliphatic rings. The number of benzene rings is 1. The molecule has 2 heterocycles. The molecule has 1 atom stereocenters. The summed E-state index contributed by atoms with van der Waals surface area (Å²) in [5.74, 6) is 0. The molecule has 0 aliphatic carbocycles. The second kappa shape index (κ2) is 7.98. The van der Waals surface area contributed by atoms with Gasteiger partial charge in [-0.2, -0.15) is 10.2 Å². The van der Waals surface area contributed by atoms with Crippen LogP contribution in [0.25, 0.3) is 5.69 Å². The second-order valence-corrected chi connectivity index (χ2v) is 5.95. The molecule has 8 heteroatoms. The van der Waals surface area contributed by atoms with Crippen molar-refractivity contribution >= 4 is 23.0 Å². The summed E-state index contributed by atoms with van der Waals surface area (Å²) in [5, 5.41) is 12.1. The van der Waals surface area contributed by atoms with Crippen molar-refractivity contribution in [3.05, 3.63) is 42.5 Å². The molecule has 1 aliphatic heterocycles. The van der Waals surface area contributed by atoms with E-state index < -0.39 is 0 Å². The van der Waals surface area contributed by atoms with E-state index in [9.17, 15) is 0 Å². The zero-order valence-corrected chi connectivity index (χ0v) is 14.3. The van der Waals surface area contributed by atoms with Crippen LogP contribution < -0.4 is 10.7 Å². The molecule has 7 nitrogen and oxygen atoms in total. The van der Waals surface area contributed by atoms with E-state index in [2.05, 4.69) is 25.9 Å². The van der Waals surface area contributed by atoms with Gasteiger partial charge in [0, 0.05) is 13.2 Å². The molecule has 0 saturated carbocycles. The predicted octanol–water partition coefficient (Wildman–Crippen LogP) is 1.63. The lowest BCUT2D eigenvalue weighted by Crippen LogP contribution is -2.37. The Bertz CT molecular complexity index is 692. The van der Waals surface area contributed by atoms with Crippen LogP contribution in [-0.4, -0.2) is 44.8 Å². The van der Waals surface area contributed by atoms with Gasteiger partial charge in [0.05, 0.1) is 17.5 Å². The van der Waals surface area contributed by atoms with Crippen molar-refractivity contribution < 1.29 is 4.74 Å². The van der Waals surface area contributed by atoms with Gasteiger partial charge in [-0.3, -0.25) is 5.43 Å². The topological polar surface area (TPSA) is 76.4 Å². The maximum Gasteiger partial charge on any atom is 0.187 e. The Hall–Kier alpha value is -2.32. The van der Waals surface area contributed by atoms with Gasteiger partial charge in [0.1, 0.15) is 12.7 Å². The maximum atomic E-state index is 5.54. The van der Waals surface area contributed by atoms with Gasteiger partial charge in [0.2, 0.25) is 0 Å². The first-order chi connectivity index (χ1) is 11.7. The van der Waals surface area contributed by atoms with Crippen LogP contribution in [0, 0.1) is 0 Å². The van der Waals surface area contributed by atoms with Crippen molar-refractivity contribution in [2.24, 2.45) is 5.10 Å². The van der Waals surface area contributed by atoms with Crippen LogP contribution in [0.1, 0.15) is 25.3 Å². The number of nitrogens with one attached hydrogen (secondary N) is 2. The smallest absolute Gasteiger partial charge is 0.187 e. The van der Waals surface area contributed by atoms with E-state index in [-0.39, 0.29) is 6.10 Å². The molecule has 126 valence electrons. The van der Waals surface area contributed by atoms with Gasteiger partial charge in [0.15, 0.2) is 5.11 Å². The van der Waals surface area contributed by atoms with Crippen LogP contribution in [0.2, 0.25) is 0 Å². The quantitative estimate of drug-likeness (QED) is 0.488. The van der Waals surface area contributed by atoms with E-state index in [0.29, 0.717) is 11.7 Å². The van der Waals surface area contributed by atoms with Crippen LogP contribution in [0.4, 0.5) is 0 Å². The third-order valence-corrected chi connectivity index (χ3v) is 4.04. The molecule has 2 N–H and O–H groups in total. The lowest BCUT2D eigenvalue weighted by molar-refractivity contribution is 0.114. The maximum absolute atomic E-state index is 5.54. The fourth-order valence-corrected chi connectivity index (χ4v) is 2.58. The van der Waals surface area contributed by atoms with Gasteiger partial charge in [-0.25, -0.2) is 9.67 Å². The number of aromatic nitrogens is 3. The van der Waals surface area contributed by atoms with Crippen molar-refractivity contribution in [3.63, 3.8) is 0 Å². The predicted molar refractivity (Wildman–Crippen MR) is 96.3 cm³/mol. The Balaban J connectivity index is 1.52. The molecule has 3 rings (SSSR count). The number of nitrogens with zero attached hydrogens (tertiary/aromatic N) is 4. The number of hydrogen-bond donors (Lipinski definition) is 2. The van der Waals surface area contributed by atoms with Crippen LogP contribution in [-0.2, 0) is 4.74 Å². The molecule has 2 aromatic rings. The van der Waals surface area contributed by atoms with E-state index in [4.69, 9.17) is 17.0 Å². The molecule has 0 bridgehead atoms. The molecule has 0 amide bonds. The lowest BCUT2D eigenvalue weighted by atomic mass is 10.1.